The fourth-order valence-corrected chi connectivity index (χ4v) is 1.22. The van der Waals surface area contributed by atoms with Gasteiger partial charge in [-0.15, -0.1) is 0 Å². The number of rotatable bonds is 6. The largest absolute Gasteiger partial charge is 0.330 e. The lowest BCUT2D eigenvalue weighted by atomic mass is 10.3. The minimum Gasteiger partial charge on any atom is -0.330 e. The average molecular weight is 182 g/mol. The summed E-state index contributed by atoms with van der Waals surface area (Å²) in [6, 6.07) is 2.05. The van der Waals surface area contributed by atoms with Gasteiger partial charge in [-0.05, 0) is 25.6 Å². The van der Waals surface area contributed by atoms with E-state index in [2.05, 4.69) is 10.4 Å². The molecule has 0 aliphatic carbocycles. The molecule has 1 aromatic rings. The number of nitrogens with one attached hydrogen (secondary N) is 1. The Labute approximate surface area is 79.1 Å². The van der Waals surface area contributed by atoms with Crippen molar-refractivity contribution in [1.82, 2.24) is 15.1 Å². The van der Waals surface area contributed by atoms with Crippen LogP contribution in [0.4, 0.5) is 0 Å². The van der Waals surface area contributed by atoms with Gasteiger partial charge in [-0.2, -0.15) is 5.10 Å². The molecule has 3 N–H and O–H groups in total. The second kappa shape index (κ2) is 5.72. The number of hydrogen-bond acceptors (Lipinski definition) is 3. The Balaban J connectivity index is 2.10. The molecule has 1 heterocycles. The zero-order chi connectivity index (χ0) is 9.52. The van der Waals surface area contributed by atoms with Gasteiger partial charge in [-0.3, -0.25) is 4.68 Å². The van der Waals surface area contributed by atoms with Gasteiger partial charge >= 0.3 is 0 Å². The molecule has 74 valence electrons. The molecule has 4 heteroatoms. The van der Waals surface area contributed by atoms with Crippen molar-refractivity contribution in [2.75, 3.05) is 19.6 Å². The highest BCUT2D eigenvalue weighted by Crippen LogP contribution is 1.95. The normalized spacial score (nSPS) is 10.6. The Bertz CT molecular complexity index is 231. The van der Waals surface area contributed by atoms with Gasteiger partial charge in [0, 0.05) is 31.9 Å². The van der Waals surface area contributed by atoms with E-state index in [1.54, 1.807) is 0 Å². The van der Waals surface area contributed by atoms with Crippen LogP contribution in [0.2, 0.25) is 0 Å². The van der Waals surface area contributed by atoms with Crippen molar-refractivity contribution in [2.45, 2.75) is 12.8 Å². The van der Waals surface area contributed by atoms with E-state index >= 15 is 0 Å². The Kier molecular flexibility index (Phi) is 4.49. The highest BCUT2D eigenvalue weighted by molar-refractivity contribution is 5.00. The molecule has 13 heavy (non-hydrogen) atoms. The Hall–Kier alpha value is -0.870. The molecule has 0 aromatic carbocycles. The second-order valence-electron chi connectivity index (χ2n) is 3.09. The van der Waals surface area contributed by atoms with Crippen molar-refractivity contribution < 1.29 is 0 Å². The van der Waals surface area contributed by atoms with E-state index in [9.17, 15) is 0 Å². The maximum absolute atomic E-state index is 5.38. The summed E-state index contributed by atoms with van der Waals surface area (Å²) in [6.45, 7) is 2.77. The molecule has 0 fully saturated rings. The Morgan fingerprint density at radius 2 is 2.38 bits per heavy atom. The van der Waals surface area contributed by atoms with Gasteiger partial charge in [-0.1, -0.05) is 0 Å². The van der Waals surface area contributed by atoms with Gasteiger partial charge in [0.2, 0.25) is 0 Å². The molecule has 0 spiro atoms. The van der Waals surface area contributed by atoms with Crippen LogP contribution in [-0.4, -0.2) is 29.4 Å². The van der Waals surface area contributed by atoms with E-state index in [4.69, 9.17) is 5.73 Å². The molecule has 1 rings (SSSR count). The minimum atomic E-state index is 0.763. The first-order valence-corrected chi connectivity index (χ1v) is 4.72. The van der Waals surface area contributed by atoms with Crippen LogP contribution in [0.3, 0.4) is 0 Å². The van der Waals surface area contributed by atoms with Gasteiger partial charge in [-0.25, -0.2) is 0 Å². The fraction of sp³-hybridized carbons (Fsp3) is 0.667. The molecule has 4 nitrogen and oxygen atoms in total. The summed E-state index contributed by atoms with van der Waals surface area (Å²) in [5.41, 5.74) is 6.64. The standard InChI is InChI=1S/C9H18N4/c1-13-9(4-8-12-13)3-7-11-6-2-5-10/h4,8,11H,2-3,5-7,10H2,1H3. The maximum atomic E-state index is 5.38. The van der Waals surface area contributed by atoms with Crippen LogP contribution in [0.25, 0.3) is 0 Å². The van der Waals surface area contributed by atoms with E-state index in [1.807, 2.05) is 24.0 Å². The van der Waals surface area contributed by atoms with Crippen molar-refractivity contribution >= 4 is 0 Å². The van der Waals surface area contributed by atoms with Crippen molar-refractivity contribution in [3.63, 3.8) is 0 Å². The van der Waals surface area contributed by atoms with Gasteiger partial charge in [0.05, 0.1) is 0 Å². The van der Waals surface area contributed by atoms with Crippen LogP contribution in [0.5, 0.6) is 0 Å². The summed E-state index contributed by atoms with van der Waals surface area (Å²) >= 11 is 0. The third kappa shape index (κ3) is 3.57. The first kappa shape index (κ1) is 10.2. The van der Waals surface area contributed by atoms with Crippen LogP contribution in [0, 0.1) is 0 Å². The molecule has 1 aromatic heterocycles. The van der Waals surface area contributed by atoms with Crippen LogP contribution >= 0.6 is 0 Å². The first-order chi connectivity index (χ1) is 6.34. The average Bonchev–Trinajstić information content (AvgIpc) is 2.52. The predicted octanol–water partition coefficient (Wildman–Crippen LogP) is -0.0990. The quantitative estimate of drug-likeness (QED) is 0.604. The minimum absolute atomic E-state index is 0.763. The van der Waals surface area contributed by atoms with Crippen LogP contribution < -0.4 is 11.1 Å². The summed E-state index contributed by atoms with van der Waals surface area (Å²) in [5.74, 6) is 0. The summed E-state index contributed by atoms with van der Waals surface area (Å²) in [6.07, 6.45) is 3.90. The molecule has 0 radical (unpaired) electrons. The predicted molar refractivity (Wildman–Crippen MR) is 53.5 cm³/mol. The van der Waals surface area contributed by atoms with Gasteiger partial charge < -0.3 is 11.1 Å². The van der Waals surface area contributed by atoms with Crippen LogP contribution in [0.15, 0.2) is 12.3 Å². The first-order valence-electron chi connectivity index (χ1n) is 4.72. The number of aromatic nitrogens is 2. The molecular formula is C9H18N4. The fourth-order valence-electron chi connectivity index (χ4n) is 1.22. The zero-order valence-electron chi connectivity index (χ0n) is 8.16. The molecule has 0 unspecified atom stereocenters. The van der Waals surface area contributed by atoms with Crippen molar-refractivity contribution in [3.05, 3.63) is 18.0 Å². The lowest BCUT2D eigenvalue weighted by Crippen LogP contribution is -2.21. The Morgan fingerprint density at radius 1 is 1.54 bits per heavy atom. The molecule has 0 aliphatic rings. The molecule has 0 atom stereocenters. The van der Waals surface area contributed by atoms with Gasteiger partial charge in [0.25, 0.3) is 0 Å². The molecular weight excluding hydrogens is 164 g/mol. The van der Waals surface area contributed by atoms with Gasteiger partial charge in [0.15, 0.2) is 0 Å². The van der Waals surface area contributed by atoms with E-state index in [0.29, 0.717) is 0 Å². The third-order valence-electron chi connectivity index (χ3n) is 2.04. The monoisotopic (exact) mass is 182 g/mol. The van der Waals surface area contributed by atoms with Crippen LogP contribution in [0.1, 0.15) is 12.1 Å². The molecule has 0 amide bonds. The van der Waals surface area contributed by atoms with E-state index in [1.165, 1.54) is 5.69 Å². The van der Waals surface area contributed by atoms with E-state index < -0.39 is 0 Å². The summed E-state index contributed by atoms with van der Waals surface area (Å²) in [7, 11) is 1.97. The summed E-state index contributed by atoms with van der Waals surface area (Å²) in [5, 5.41) is 7.43. The van der Waals surface area contributed by atoms with Crippen molar-refractivity contribution in [2.24, 2.45) is 12.8 Å². The number of nitrogens with two attached hydrogens (primary N) is 1. The zero-order valence-corrected chi connectivity index (χ0v) is 8.16. The Morgan fingerprint density at radius 3 is 3.00 bits per heavy atom. The number of hydrogen-bond donors (Lipinski definition) is 2. The van der Waals surface area contributed by atoms with Crippen molar-refractivity contribution in [1.29, 1.82) is 0 Å². The van der Waals surface area contributed by atoms with E-state index in [0.717, 1.165) is 32.5 Å². The smallest absolute Gasteiger partial charge is 0.0492 e. The van der Waals surface area contributed by atoms with E-state index in [-0.39, 0.29) is 0 Å². The molecule has 0 bridgehead atoms. The highest BCUT2D eigenvalue weighted by atomic mass is 15.3. The topological polar surface area (TPSA) is 55.9 Å². The summed E-state index contributed by atoms with van der Waals surface area (Å²) in [4.78, 5) is 0. The third-order valence-corrected chi connectivity index (χ3v) is 2.04. The van der Waals surface area contributed by atoms with Gasteiger partial charge in [0.1, 0.15) is 0 Å². The molecule has 0 saturated heterocycles. The summed E-state index contributed by atoms with van der Waals surface area (Å²) < 4.78 is 1.91. The van der Waals surface area contributed by atoms with Crippen LogP contribution in [-0.2, 0) is 13.5 Å². The number of aryl methyl sites for hydroxylation is 1. The lowest BCUT2D eigenvalue weighted by Gasteiger charge is -2.03. The number of nitrogens with zero attached hydrogens (tertiary/aromatic N) is 2. The maximum Gasteiger partial charge on any atom is 0.0492 e. The highest BCUT2D eigenvalue weighted by Gasteiger charge is 1.96. The van der Waals surface area contributed by atoms with Crippen molar-refractivity contribution in [3.8, 4) is 0 Å². The second-order valence-corrected chi connectivity index (χ2v) is 3.09. The molecule has 0 saturated carbocycles. The SMILES string of the molecule is Cn1nccc1CCNCCCN. The molecule has 0 aliphatic heterocycles. The lowest BCUT2D eigenvalue weighted by molar-refractivity contribution is 0.626.